The van der Waals surface area contributed by atoms with E-state index in [1.54, 1.807) is 6.92 Å². The van der Waals surface area contributed by atoms with Gasteiger partial charge in [0.2, 0.25) is 0 Å². The summed E-state index contributed by atoms with van der Waals surface area (Å²) in [5.74, 6) is -1.17. The van der Waals surface area contributed by atoms with E-state index in [2.05, 4.69) is 0 Å². The molecule has 3 heteroatoms. The van der Waals surface area contributed by atoms with Crippen molar-refractivity contribution in [1.29, 1.82) is 0 Å². The van der Waals surface area contributed by atoms with Gasteiger partial charge in [-0.05, 0) is 31.0 Å². The Morgan fingerprint density at radius 3 is 2.08 bits per heavy atom. The van der Waals surface area contributed by atoms with Gasteiger partial charge in [-0.3, -0.25) is 0 Å². The van der Waals surface area contributed by atoms with Gasteiger partial charge in [-0.15, -0.1) is 0 Å². The maximum absolute atomic E-state index is 12.8. The van der Waals surface area contributed by atoms with Crippen molar-refractivity contribution in [2.75, 3.05) is 0 Å². The molecule has 72 valence electrons. The molecule has 0 radical (unpaired) electrons. The summed E-state index contributed by atoms with van der Waals surface area (Å²) in [5.41, 5.74) is 5.67. The Morgan fingerprint density at radius 2 is 1.69 bits per heavy atom. The van der Waals surface area contributed by atoms with Gasteiger partial charge in [0, 0.05) is 11.6 Å². The fourth-order valence-electron chi connectivity index (χ4n) is 1.09. The maximum Gasteiger partial charge on any atom is 0.126 e. The summed E-state index contributed by atoms with van der Waals surface area (Å²) in [7, 11) is 0. The lowest BCUT2D eigenvalue weighted by Gasteiger charge is -2.23. The van der Waals surface area contributed by atoms with Crippen LogP contribution < -0.4 is 5.73 Å². The van der Waals surface area contributed by atoms with Crippen molar-refractivity contribution in [1.82, 2.24) is 0 Å². The summed E-state index contributed by atoms with van der Waals surface area (Å²) in [6.45, 7) is 3.63. The van der Waals surface area contributed by atoms with Crippen LogP contribution in [0.25, 0.3) is 0 Å². The van der Waals surface area contributed by atoms with Gasteiger partial charge in [0.25, 0.3) is 0 Å². The van der Waals surface area contributed by atoms with E-state index in [1.807, 2.05) is 6.92 Å². The van der Waals surface area contributed by atoms with E-state index in [0.29, 0.717) is 12.0 Å². The average molecular weight is 185 g/mol. The Kier molecular flexibility index (Phi) is 2.66. The van der Waals surface area contributed by atoms with E-state index in [1.165, 1.54) is 12.1 Å². The minimum Gasteiger partial charge on any atom is -0.322 e. The fraction of sp³-hybridized carbons (Fsp3) is 0.400. The second-order valence-electron chi connectivity index (χ2n) is 3.43. The molecule has 0 aliphatic carbocycles. The molecule has 0 saturated heterocycles. The van der Waals surface area contributed by atoms with Crippen LogP contribution in [0.2, 0.25) is 0 Å². The molecule has 1 unspecified atom stereocenters. The number of nitrogens with two attached hydrogens (primary N) is 1. The van der Waals surface area contributed by atoms with Crippen molar-refractivity contribution in [2.45, 2.75) is 25.8 Å². The van der Waals surface area contributed by atoms with Gasteiger partial charge in [0.05, 0.1) is 0 Å². The van der Waals surface area contributed by atoms with Gasteiger partial charge in [0.15, 0.2) is 0 Å². The van der Waals surface area contributed by atoms with E-state index < -0.39 is 17.2 Å². The summed E-state index contributed by atoms with van der Waals surface area (Å²) >= 11 is 0. The van der Waals surface area contributed by atoms with E-state index in [9.17, 15) is 8.78 Å². The average Bonchev–Trinajstić information content (AvgIpc) is 2.02. The Labute approximate surface area is 76.6 Å². The smallest absolute Gasteiger partial charge is 0.126 e. The lowest BCUT2D eigenvalue weighted by Crippen LogP contribution is -2.32. The van der Waals surface area contributed by atoms with Gasteiger partial charge in [-0.2, -0.15) is 0 Å². The Hall–Kier alpha value is -0.960. The van der Waals surface area contributed by atoms with Crippen LogP contribution in [-0.4, -0.2) is 0 Å². The second-order valence-corrected chi connectivity index (χ2v) is 3.43. The minimum absolute atomic E-state index is 0.493. The van der Waals surface area contributed by atoms with Crippen molar-refractivity contribution in [3.05, 3.63) is 35.4 Å². The lowest BCUT2D eigenvalue weighted by atomic mass is 9.90. The van der Waals surface area contributed by atoms with Gasteiger partial charge in [0.1, 0.15) is 11.6 Å². The molecular weight excluding hydrogens is 172 g/mol. The summed E-state index contributed by atoms with van der Waals surface area (Å²) in [4.78, 5) is 0. The third-order valence-electron chi connectivity index (χ3n) is 2.26. The largest absolute Gasteiger partial charge is 0.322 e. The molecule has 0 aliphatic heterocycles. The van der Waals surface area contributed by atoms with E-state index in [4.69, 9.17) is 5.73 Å². The third kappa shape index (κ3) is 2.25. The van der Waals surface area contributed by atoms with Crippen molar-refractivity contribution < 1.29 is 8.78 Å². The predicted octanol–water partition coefficient (Wildman–Crippen LogP) is 2.55. The van der Waals surface area contributed by atoms with Crippen molar-refractivity contribution in [2.24, 2.45) is 5.73 Å². The number of rotatable bonds is 2. The monoisotopic (exact) mass is 185 g/mol. The molecule has 0 amide bonds. The molecule has 0 heterocycles. The first kappa shape index (κ1) is 10.1. The molecule has 1 atom stereocenters. The van der Waals surface area contributed by atoms with Crippen LogP contribution in [0.15, 0.2) is 18.2 Å². The third-order valence-corrected chi connectivity index (χ3v) is 2.26. The quantitative estimate of drug-likeness (QED) is 0.752. The molecule has 1 aromatic rings. The van der Waals surface area contributed by atoms with Gasteiger partial charge >= 0.3 is 0 Å². The molecule has 0 fully saturated rings. The van der Waals surface area contributed by atoms with Gasteiger partial charge in [-0.1, -0.05) is 6.92 Å². The summed E-state index contributed by atoms with van der Waals surface area (Å²) in [6, 6.07) is 3.38. The number of benzene rings is 1. The molecule has 1 nitrogen and oxygen atoms in total. The zero-order chi connectivity index (χ0) is 10.1. The molecule has 0 aliphatic rings. The maximum atomic E-state index is 12.8. The highest BCUT2D eigenvalue weighted by atomic mass is 19.1. The topological polar surface area (TPSA) is 26.0 Å². The van der Waals surface area contributed by atoms with Crippen LogP contribution in [0, 0.1) is 11.6 Å². The molecule has 0 spiro atoms. The number of hydrogen-bond donors (Lipinski definition) is 1. The summed E-state index contributed by atoms with van der Waals surface area (Å²) in [5, 5.41) is 0. The van der Waals surface area contributed by atoms with Crippen molar-refractivity contribution in [3.63, 3.8) is 0 Å². The zero-order valence-corrected chi connectivity index (χ0v) is 7.77. The molecule has 2 N–H and O–H groups in total. The Bertz CT molecular complexity index is 288. The molecular formula is C10H13F2N. The number of halogens is 2. The Balaban J connectivity index is 3.15. The fourth-order valence-corrected chi connectivity index (χ4v) is 1.09. The standard InChI is InChI=1S/C10H13F2N/c1-3-10(2,13)7-4-8(11)6-9(12)5-7/h4-6H,3,13H2,1-2H3. The SMILES string of the molecule is CCC(C)(N)c1cc(F)cc(F)c1. The van der Waals surface area contributed by atoms with Crippen LogP contribution in [0.3, 0.4) is 0 Å². The van der Waals surface area contributed by atoms with Crippen molar-refractivity contribution >= 4 is 0 Å². The predicted molar refractivity (Wildman–Crippen MR) is 48.2 cm³/mol. The highest BCUT2D eigenvalue weighted by Gasteiger charge is 2.19. The zero-order valence-electron chi connectivity index (χ0n) is 7.77. The van der Waals surface area contributed by atoms with Crippen LogP contribution in [-0.2, 0) is 5.54 Å². The molecule has 0 saturated carbocycles. The highest BCUT2D eigenvalue weighted by Crippen LogP contribution is 2.22. The molecule has 1 aromatic carbocycles. The first-order valence-electron chi connectivity index (χ1n) is 4.21. The number of hydrogen-bond acceptors (Lipinski definition) is 1. The van der Waals surface area contributed by atoms with Crippen molar-refractivity contribution in [3.8, 4) is 0 Å². The second kappa shape index (κ2) is 3.42. The van der Waals surface area contributed by atoms with Crippen LogP contribution in [0.5, 0.6) is 0 Å². The first-order valence-corrected chi connectivity index (χ1v) is 4.21. The molecule has 0 aromatic heterocycles. The highest BCUT2D eigenvalue weighted by molar-refractivity contribution is 5.24. The van der Waals surface area contributed by atoms with Gasteiger partial charge in [-0.25, -0.2) is 8.78 Å². The van der Waals surface area contributed by atoms with E-state index >= 15 is 0 Å². The summed E-state index contributed by atoms with van der Waals surface area (Å²) < 4.78 is 25.6. The molecule has 1 rings (SSSR count). The van der Waals surface area contributed by atoms with E-state index in [-0.39, 0.29) is 0 Å². The van der Waals surface area contributed by atoms with Crippen LogP contribution in [0.1, 0.15) is 25.8 Å². The Morgan fingerprint density at radius 1 is 1.23 bits per heavy atom. The minimum atomic E-state index is -0.664. The summed E-state index contributed by atoms with van der Waals surface area (Å²) in [6.07, 6.45) is 0.635. The molecule has 13 heavy (non-hydrogen) atoms. The molecule has 0 bridgehead atoms. The lowest BCUT2D eigenvalue weighted by molar-refractivity contribution is 0.465. The first-order chi connectivity index (χ1) is 5.95. The van der Waals surface area contributed by atoms with Gasteiger partial charge < -0.3 is 5.73 Å². The van der Waals surface area contributed by atoms with Crippen LogP contribution in [0.4, 0.5) is 8.78 Å². The normalized spacial score (nSPS) is 15.5. The van der Waals surface area contributed by atoms with Crippen LogP contribution >= 0.6 is 0 Å². The van der Waals surface area contributed by atoms with E-state index in [0.717, 1.165) is 6.07 Å².